The van der Waals surface area contributed by atoms with Gasteiger partial charge < -0.3 is 9.84 Å². The van der Waals surface area contributed by atoms with Gasteiger partial charge in [0.15, 0.2) is 0 Å². The molecule has 1 aromatic carbocycles. The quantitative estimate of drug-likeness (QED) is 0.677. The van der Waals surface area contributed by atoms with E-state index in [4.69, 9.17) is 9.84 Å². The molecule has 5 nitrogen and oxygen atoms in total. The second kappa shape index (κ2) is 8.31. The number of methoxy groups -OCH3 is 1. The second-order valence-corrected chi connectivity index (χ2v) is 6.10. The van der Waals surface area contributed by atoms with E-state index in [0.717, 1.165) is 25.0 Å². The summed E-state index contributed by atoms with van der Waals surface area (Å²) in [4.78, 5) is -0.211. The minimum atomic E-state index is -3.80. The number of hydrogen-bond acceptors (Lipinski definition) is 4. The first-order valence-corrected chi connectivity index (χ1v) is 7.87. The lowest BCUT2D eigenvalue weighted by molar-refractivity contribution is 0.192. The van der Waals surface area contributed by atoms with Crippen LogP contribution in [0.5, 0.6) is 0 Å². The van der Waals surface area contributed by atoms with Crippen molar-refractivity contribution in [1.82, 2.24) is 4.72 Å². The predicted molar refractivity (Wildman–Crippen MR) is 73.2 cm³/mol. The topological polar surface area (TPSA) is 75.6 Å². The number of nitrogens with one attached hydrogen (secondary N) is 1. The average Bonchev–Trinajstić information content (AvgIpc) is 2.42. The zero-order valence-corrected chi connectivity index (χ0v) is 12.2. The van der Waals surface area contributed by atoms with Gasteiger partial charge in [-0.2, -0.15) is 0 Å². The van der Waals surface area contributed by atoms with Crippen molar-refractivity contribution in [2.24, 2.45) is 0 Å². The lowest BCUT2D eigenvalue weighted by Crippen LogP contribution is -2.26. The molecule has 0 saturated carbocycles. The Bertz CT molecular complexity index is 519. The van der Waals surface area contributed by atoms with E-state index in [9.17, 15) is 12.8 Å². The summed E-state index contributed by atoms with van der Waals surface area (Å²) in [5.41, 5.74) is 0.179. The van der Waals surface area contributed by atoms with Gasteiger partial charge in [-0.15, -0.1) is 0 Å². The van der Waals surface area contributed by atoms with Crippen LogP contribution in [0.3, 0.4) is 0 Å². The summed E-state index contributed by atoms with van der Waals surface area (Å²) in [7, 11) is -2.19. The van der Waals surface area contributed by atoms with Crippen LogP contribution in [0.25, 0.3) is 0 Å². The van der Waals surface area contributed by atoms with E-state index in [1.165, 1.54) is 6.07 Å². The molecule has 0 fully saturated rings. The third kappa shape index (κ3) is 5.16. The maximum absolute atomic E-state index is 13.2. The van der Waals surface area contributed by atoms with Gasteiger partial charge in [-0.05, 0) is 37.0 Å². The molecule has 0 aliphatic carbocycles. The van der Waals surface area contributed by atoms with Gasteiger partial charge in [0, 0.05) is 20.3 Å². The first kappa shape index (κ1) is 17.0. The summed E-state index contributed by atoms with van der Waals surface area (Å²) in [6.07, 6.45) is 2.37. The van der Waals surface area contributed by atoms with E-state index < -0.39 is 22.4 Å². The maximum Gasteiger partial charge on any atom is 0.241 e. The predicted octanol–water partition coefficient (Wildman–Crippen LogP) is 1.41. The van der Waals surface area contributed by atoms with Crippen LogP contribution < -0.4 is 4.72 Å². The van der Waals surface area contributed by atoms with E-state index in [-0.39, 0.29) is 17.0 Å². The number of rotatable bonds is 9. The molecule has 0 heterocycles. The van der Waals surface area contributed by atoms with Crippen molar-refractivity contribution >= 4 is 10.0 Å². The van der Waals surface area contributed by atoms with Crippen molar-refractivity contribution in [2.75, 3.05) is 20.3 Å². The van der Waals surface area contributed by atoms with E-state index >= 15 is 0 Å². The molecular weight excluding hydrogens is 285 g/mol. The van der Waals surface area contributed by atoms with Crippen LogP contribution in [0.4, 0.5) is 4.39 Å². The number of halogens is 1. The van der Waals surface area contributed by atoms with Crippen LogP contribution in [0, 0.1) is 5.82 Å². The Kier molecular flexibility index (Phi) is 7.08. The zero-order chi connectivity index (χ0) is 15.0. The van der Waals surface area contributed by atoms with E-state index in [2.05, 4.69) is 4.72 Å². The third-order valence-electron chi connectivity index (χ3n) is 2.81. The molecule has 114 valence electrons. The molecular formula is C13H20FNO4S. The van der Waals surface area contributed by atoms with Crippen molar-refractivity contribution in [3.05, 3.63) is 29.6 Å². The largest absolute Gasteiger partial charge is 0.392 e. The molecule has 0 spiro atoms. The Morgan fingerprint density at radius 1 is 1.30 bits per heavy atom. The highest BCUT2D eigenvalue weighted by molar-refractivity contribution is 7.89. The fourth-order valence-electron chi connectivity index (χ4n) is 1.74. The number of unbranched alkanes of at least 4 members (excludes halogenated alkanes) is 2. The second-order valence-electron chi connectivity index (χ2n) is 4.36. The van der Waals surface area contributed by atoms with Crippen LogP contribution in [0.1, 0.15) is 24.8 Å². The van der Waals surface area contributed by atoms with Gasteiger partial charge in [0.25, 0.3) is 0 Å². The van der Waals surface area contributed by atoms with E-state index in [0.29, 0.717) is 13.0 Å². The Morgan fingerprint density at radius 2 is 2.05 bits per heavy atom. The maximum atomic E-state index is 13.2. The number of hydrogen-bond donors (Lipinski definition) is 2. The van der Waals surface area contributed by atoms with Crippen LogP contribution in [0.2, 0.25) is 0 Å². The molecule has 0 atom stereocenters. The molecule has 20 heavy (non-hydrogen) atoms. The van der Waals surface area contributed by atoms with Gasteiger partial charge in [-0.25, -0.2) is 17.5 Å². The number of ether oxygens (including phenoxy) is 1. The summed E-state index contributed by atoms with van der Waals surface area (Å²) in [5, 5.41) is 9.11. The van der Waals surface area contributed by atoms with Crippen LogP contribution in [-0.4, -0.2) is 33.8 Å². The molecule has 2 N–H and O–H groups in total. The fourth-order valence-corrected chi connectivity index (χ4v) is 3.06. The molecule has 1 rings (SSSR count). The van der Waals surface area contributed by atoms with E-state index in [1.807, 2.05) is 0 Å². The van der Waals surface area contributed by atoms with E-state index in [1.54, 1.807) is 7.11 Å². The monoisotopic (exact) mass is 305 g/mol. The third-order valence-corrected chi connectivity index (χ3v) is 4.35. The van der Waals surface area contributed by atoms with Crippen molar-refractivity contribution in [2.45, 2.75) is 30.8 Å². The summed E-state index contributed by atoms with van der Waals surface area (Å²) in [6.45, 7) is 0.461. The van der Waals surface area contributed by atoms with Gasteiger partial charge in [0.05, 0.1) is 11.5 Å². The Hall–Kier alpha value is -1.02. The first-order chi connectivity index (χ1) is 9.51. The highest BCUT2D eigenvalue weighted by Gasteiger charge is 2.18. The highest BCUT2D eigenvalue weighted by Crippen LogP contribution is 2.17. The number of aliphatic hydroxyl groups excluding tert-OH is 1. The molecule has 0 unspecified atom stereocenters. The van der Waals surface area contributed by atoms with Gasteiger partial charge in [-0.3, -0.25) is 0 Å². The van der Waals surface area contributed by atoms with Gasteiger partial charge in [0.1, 0.15) is 5.82 Å². The summed E-state index contributed by atoms with van der Waals surface area (Å²) in [6, 6.07) is 3.30. The standard InChI is InChI=1S/C13H20FNO4S/c1-19-8-4-2-3-7-15-20(17,18)13-9-12(14)6-5-11(13)10-16/h5-6,9,15-16H,2-4,7-8,10H2,1H3. The van der Waals surface area contributed by atoms with Crippen molar-refractivity contribution in [3.63, 3.8) is 0 Å². The molecule has 0 bridgehead atoms. The lowest BCUT2D eigenvalue weighted by atomic mass is 10.2. The van der Waals surface area contributed by atoms with Crippen molar-refractivity contribution in [1.29, 1.82) is 0 Å². The SMILES string of the molecule is COCCCCCNS(=O)(=O)c1cc(F)ccc1CO. The molecule has 0 radical (unpaired) electrons. The summed E-state index contributed by atoms with van der Waals surface area (Å²) < 4.78 is 44.5. The Labute approximate surface area is 118 Å². The molecule has 0 amide bonds. The van der Waals surface area contributed by atoms with Gasteiger partial charge >= 0.3 is 0 Å². The normalized spacial score (nSPS) is 11.8. The number of aliphatic hydroxyl groups is 1. The fraction of sp³-hybridized carbons (Fsp3) is 0.538. The Morgan fingerprint density at radius 3 is 2.70 bits per heavy atom. The summed E-state index contributed by atoms with van der Waals surface area (Å²) >= 11 is 0. The highest BCUT2D eigenvalue weighted by atomic mass is 32.2. The van der Waals surface area contributed by atoms with Gasteiger partial charge in [0.2, 0.25) is 10.0 Å². The Balaban J connectivity index is 2.62. The molecule has 0 aliphatic heterocycles. The first-order valence-electron chi connectivity index (χ1n) is 6.39. The van der Waals surface area contributed by atoms with Crippen LogP contribution in [-0.2, 0) is 21.4 Å². The van der Waals surface area contributed by atoms with Crippen LogP contribution in [0.15, 0.2) is 23.1 Å². The number of benzene rings is 1. The summed E-state index contributed by atoms with van der Waals surface area (Å²) in [5.74, 6) is -0.650. The smallest absolute Gasteiger partial charge is 0.241 e. The lowest BCUT2D eigenvalue weighted by Gasteiger charge is -2.10. The van der Waals surface area contributed by atoms with Crippen molar-refractivity contribution in [3.8, 4) is 0 Å². The molecule has 0 saturated heterocycles. The zero-order valence-electron chi connectivity index (χ0n) is 11.4. The molecule has 1 aromatic rings. The average molecular weight is 305 g/mol. The van der Waals surface area contributed by atoms with Crippen molar-refractivity contribution < 1.29 is 22.7 Å². The number of sulfonamides is 1. The minimum absolute atomic E-state index is 0.179. The van der Waals surface area contributed by atoms with Crippen LogP contribution >= 0.6 is 0 Å². The molecule has 0 aromatic heterocycles. The van der Waals surface area contributed by atoms with Gasteiger partial charge in [-0.1, -0.05) is 6.07 Å². The molecule has 7 heteroatoms. The minimum Gasteiger partial charge on any atom is -0.392 e. The molecule has 0 aliphatic rings.